The van der Waals surface area contributed by atoms with Crippen LogP contribution < -0.4 is 11.3 Å². The zero-order valence-corrected chi connectivity index (χ0v) is 8.80. The number of hydrazine groups is 1. The summed E-state index contributed by atoms with van der Waals surface area (Å²) < 4.78 is 13.5. The average molecular weight is 222 g/mol. The molecule has 0 aliphatic carbocycles. The summed E-state index contributed by atoms with van der Waals surface area (Å²) in [5.41, 5.74) is 3.20. The molecule has 2 rings (SSSR count). The van der Waals surface area contributed by atoms with Crippen LogP contribution in [0.2, 0.25) is 0 Å². The predicted octanol–water partition coefficient (Wildman–Crippen LogP) is 2.44. The number of nitrogens with two attached hydrogens (primary N) is 1. The van der Waals surface area contributed by atoms with Gasteiger partial charge in [0.1, 0.15) is 5.82 Å². The van der Waals surface area contributed by atoms with Gasteiger partial charge in [0.15, 0.2) is 0 Å². The van der Waals surface area contributed by atoms with Gasteiger partial charge in [0.25, 0.3) is 0 Å². The number of nitrogens with one attached hydrogen (secondary N) is 1. The molecule has 0 saturated carbocycles. The average Bonchev–Trinajstić information content (AvgIpc) is 2.75. The first kappa shape index (κ1) is 10.3. The minimum Gasteiger partial charge on any atom is -0.271 e. The largest absolute Gasteiger partial charge is 0.271 e. The lowest BCUT2D eigenvalue weighted by Crippen LogP contribution is -2.28. The molecule has 1 atom stereocenters. The summed E-state index contributed by atoms with van der Waals surface area (Å²) in [6, 6.07) is 10.2. The van der Waals surface area contributed by atoms with Crippen molar-refractivity contribution in [2.45, 2.75) is 6.04 Å². The standard InChI is InChI=1S/C11H11FN2S/c12-9-5-2-1-4-8(9)11(14-13)10-6-3-7-15-10/h1-7,11,14H,13H2. The molecule has 1 unspecified atom stereocenters. The van der Waals surface area contributed by atoms with E-state index in [0.717, 1.165) is 4.88 Å². The Hall–Kier alpha value is -1.23. The second-order valence-electron chi connectivity index (χ2n) is 3.14. The molecule has 78 valence electrons. The fourth-order valence-corrected chi connectivity index (χ4v) is 2.29. The van der Waals surface area contributed by atoms with E-state index in [-0.39, 0.29) is 11.9 Å². The van der Waals surface area contributed by atoms with Crippen molar-refractivity contribution < 1.29 is 4.39 Å². The number of hydrogen-bond acceptors (Lipinski definition) is 3. The number of thiophene rings is 1. The van der Waals surface area contributed by atoms with Gasteiger partial charge in [-0.1, -0.05) is 24.3 Å². The molecule has 0 spiro atoms. The first-order chi connectivity index (χ1) is 7.33. The van der Waals surface area contributed by atoms with E-state index >= 15 is 0 Å². The molecule has 15 heavy (non-hydrogen) atoms. The summed E-state index contributed by atoms with van der Waals surface area (Å²) in [6.45, 7) is 0. The van der Waals surface area contributed by atoms with Crippen LogP contribution in [0.15, 0.2) is 41.8 Å². The van der Waals surface area contributed by atoms with Crippen LogP contribution in [0.4, 0.5) is 4.39 Å². The third-order valence-electron chi connectivity index (χ3n) is 2.21. The van der Waals surface area contributed by atoms with Crippen LogP contribution in [-0.2, 0) is 0 Å². The van der Waals surface area contributed by atoms with Gasteiger partial charge in [0.05, 0.1) is 6.04 Å². The number of benzene rings is 1. The third-order valence-corrected chi connectivity index (χ3v) is 3.15. The molecule has 1 aromatic carbocycles. The van der Waals surface area contributed by atoms with Gasteiger partial charge in [-0.05, 0) is 17.5 Å². The Morgan fingerprint density at radius 1 is 1.20 bits per heavy atom. The SMILES string of the molecule is NNC(c1cccs1)c1ccccc1F. The lowest BCUT2D eigenvalue weighted by atomic mass is 10.1. The van der Waals surface area contributed by atoms with Gasteiger partial charge in [-0.3, -0.25) is 5.84 Å². The Morgan fingerprint density at radius 2 is 2.00 bits per heavy atom. The minimum atomic E-state index is -0.272. The van der Waals surface area contributed by atoms with Crippen molar-refractivity contribution >= 4 is 11.3 Å². The minimum absolute atomic E-state index is 0.242. The van der Waals surface area contributed by atoms with E-state index in [0.29, 0.717) is 5.56 Å². The zero-order chi connectivity index (χ0) is 10.7. The molecule has 3 N–H and O–H groups in total. The van der Waals surface area contributed by atoms with E-state index in [9.17, 15) is 4.39 Å². The molecular weight excluding hydrogens is 211 g/mol. The first-order valence-corrected chi connectivity index (χ1v) is 5.45. The van der Waals surface area contributed by atoms with Gasteiger partial charge < -0.3 is 0 Å². The van der Waals surface area contributed by atoms with E-state index in [1.165, 1.54) is 6.07 Å². The number of rotatable bonds is 3. The highest BCUT2D eigenvalue weighted by molar-refractivity contribution is 7.10. The third kappa shape index (κ3) is 2.07. The van der Waals surface area contributed by atoms with Crippen LogP contribution in [0.1, 0.15) is 16.5 Å². The number of halogens is 1. The molecule has 2 aromatic rings. The lowest BCUT2D eigenvalue weighted by molar-refractivity contribution is 0.564. The van der Waals surface area contributed by atoms with Crippen molar-refractivity contribution in [1.82, 2.24) is 5.43 Å². The Bertz CT molecular complexity index is 428. The van der Waals surface area contributed by atoms with E-state index in [1.54, 1.807) is 29.5 Å². The van der Waals surface area contributed by atoms with E-state index in [4.69, 9.17) is 5.84 Å². The van der Waals surface area contributed by atoms with Gasteiger partial charge >= 0.3 is 0 Å². The van der Waals surface area contributed by atoms with Crippen LogP contribution in [0.5, 0.6) is 0 Å². The molecule has 4 heteroatoms. The van der Waals surface area contributed by atoms with E-state index < -0.39 is 0 Å². The Kier molecular flexibility index (Phi) is 3.11. The molecular formula is C11H11FN2S. The van der Waals surface area contributed by atoms with Crippen LogP contribution in [0.25, 0.3) is 0 Å². The predicted molar refractivity (Wildman–Crippen MR) is 59.9 cm³/mol. The Balaban J connectivity index is 2.40. The van der Waals surface area contributed by atoms with Gasteiger partial charge in [-0.15, -0.1) is 11.3 Å². The second-order valence-corrected chi connectivity index (χ2v) is 4.12. The van der Waals surface area contributed by atoms with Crippen LogP contribution >= 0.6 is 11.3 Å². The summed E-state index contributed by atoms with van der Waals surface area (Å²) >= 11 is 1.55. The highest BCUT2D eigenvalue weighted by Gasteiger charge is 2.16. The highest BCUT2D eigenvalue weighted by atomic mass is 32.1. The van der Waals surface area contributed by atoms with Gasteiger partial charge in [-0.25, -0.2) is 9.82 Å². The normalized spacial score (nSPS) is 12.7. The highest BCUT2D eigenvalue weighted by Crippen LogP contribution is 2.26. The molecule has 0 aliphatic rings. The van der Waals surface area contributed by atoms with Gasteiger partial charge in [-0.2, -0.15) is 0 Å². The molecule has 0 amide bonds. The van der Waals surface area contributed by atoms with Gasteiger partial charge in [0.2, 0.25) is 0 Å². The van der Waals surface area contributed by atoms with Crippen LogP contribution in [0.3, 0.4) is 0 Å². The molecule has 1 aromatic heterocycles. The maximum absolute atomic E-state index is 13.5. The maximum Gasteiger partial charge on any atom is 0.128 e. The summed E-state index contributed by atoms with van der Waals surface area (Å²) in [5, 5.41) is 1.94. The fourth-order valence-electron chi connectivity index (χ4n) is 1.49. The molecule has 0 radical (unpaired) electrons. The van der Waals surface area contributed by atoms with Crippen molar-refractivity contribution in [2.75, 3.05) is 0 Å². The molecule has 0 fully saturated rings. The molecule has 0 aliphatic heterocycles. The number of hydrogen-bond donors (Lipinski definition) is 2. The zero-order valence-electron chi connectivity index (χ0n) is 7.98. The monoisotopic (exact) mass is 222 g/mol. The molecule has 2 nitrogen and oxygen atoms in total. The van der Waals surface area contributed by atoms with E-state index in [1.807, 2.05) is 17.5 Å². The van der Waals surface area contributed by atoms with Crippen LogP contribution in [0, 0.1) is 5.82 Å². The fraction of sp³-hybridized carbons (Fsp3) is 0.0909. The van der Waals surface area contributed by atoms with E-state index in [2.05, 4.69) is 5.43 Å². The van der Waals surface area contributed by atoms with Crippen LogP contribution in [-0.4, -0.2) is 0 Å². The topological polar surface area (TPSA) is 38.0 Å². The van der Waals surface area contributed by atoms with Crippen molar-refractivity contribution in [2.24, 2.45) is 5.84 Å². The first-order valence-electron chi connectivity index (χ1n) is 4.57. The smallest absolute Gasteiger partial charge is 0.128 e. The van der Waals surface area contributed by atoms with Crippen molar-refractivity contribution in [3.8, 4) is 0 Å². The van der Waals surface area contributed by atoms with Gasteiger partial charge in [0, 0.05) is 10.4 Å². The summed E-state index contributed by atoms with van der Waals surface area (Å²) in [5.74, 6) is 5.21. The molecule has 0 saturated heterocycles. The second kappa shape index (κ2) is 4.53. The van der Waals surface area contributed by atoms with Crippen molar-refractivity contribution in [1.29, 1.82) is 0 Å². The summed E-state index contributed by atoms with van der Waals surface area (Å²) in [6.07, 6.45) is 0. The van der Waals surface area contributed by atoms with Crippen molar-refractivity contribution in [3.63, 3.8) is 0 Å². The Morgan fingerprint density at radius 3 is 2.60 bits per heavy atom. The molecule has 1 heterocycles. The Labute approximate surface area is 91.5 Å². The summed E-state index contributed by atoms with van der Waals surface area (Å²) in [4.78, 5) is 1.00. The lowest BCUT2D eigenvalue weighted by Gasteiger charge is -2.15. The molecule has 0 bridgehead atoms. The van der Waals surface area contributed by atoms with Crippen molar-refractivity contribution in [3.05, 3.63) is 58.0 Å². The maximum atomic E-state index is 13.5. The summed E-state index contributed by atoms with van der Waals surface area (Å²) in [7, 11) is 0. The quantitative estimate of drug-likeness (QED) is 0.618.